The van der Waals surface area contributed by atoms with Gasteiger partial charge in [0.05, 0.1) is 32.4 Å². The van der Waals surface area contributed by atoms with Crippen molar-refractivity contribution in [3.05, 3.63) is 261 Å². The van der Waals surface area contributed by atoms with E-state index in [0.29, 0.717) is 56.8 Å². The molecule has 0 spiro atoms. The average Bonchev–Trinajstić information content (AvgIpc) is 3.79. The van der Waals surface area contributed by atoms with Crippen LogP contribution in [0, 0.1) is 47.8 Å². The number of rotatable bonds is 14. The second-order valence-corrected chi connectivity index (χ2v) is 21.7. The van der Waals surface area contributed by atoms with E-state index in [1.54, 1.807) is 42.5 Å². The van der Waals surface area contributed by atoms with E-state index in [0.717, 1.165) is 50.1 Å². The van der Waals surface area contributed by atoms with Gasteiger partial charge in [0, 0.05) is 11.1 Å². The summed E-state index contributed by atoms with van der Waals surface area (Å²) < 4.78 is 53.1. The molecular formula is C66H51N3O6S. The molecule has 10 heteroatoms. The molecule has 0 atom stereocenters. The summed E-state index contributed by atoms with van der Waals surface area (Å²) in [4.78, 5) is 0.145. The van der Waals surface area contributed by atoms with Crippen molar-refractivity contribution in [3.8, 4) is 63.8 Å². The number of sulfone groups is 1. The number of fused-ring (bicyclic) bond motifs is 3. The summed E-state index contributed by atoms with van der Waals surface area (Å²) in [5.41, 5.74) is 8.49. The van der Waals surface area contributed by atoms with Crippen LogP contribution in [0.15, 0.2) is 210 Å². The van der Waals surface area contributed by atoms with E-state index in [1.807, 2.05) is 102 Å². The van der Waals surface area contributed by atoms with Crippen molar-refractivity contribution in [3.63, 3.8) is 0 Å². The Balaban J connectivity index is 0.896. The molecule has 0 unspecified atom stereocenters. The van der Waals surface area contributed by atoms with E-state index >= 15 is 0 Å². The van der Waals surface area contributed by atoms with Crippen LogP contribution in [-0.2, 0) is 26.5 Å². The Morgan fingerprint density at radius 3 is 1.25 bits per heavy atom. The van der Waals surface area contributed by atoms with Gasteiger partial charge < -0.3 is 18.9 Å². The lowest BCUT2D eigenvalue weighted by molar-refractivity contribution is 0.108. The lowest BCUT2D eigenvalue weighted by Gasteiger charge is -2.34. The van der Waals surface area contributed by atoms with Crippen molar-refractivity contribution >= 4 is 9.84 Å². The van der Waals surface area contributed by atoms with Crippen LogP contribution in [0.2, 0.25) is 0 Å². The third kappa shape index (κ3) is 8.98. The van der Waals surface area contributed by atoms with Crippen LogP contribution < -0.4 is 18.9 Å². The third-order valence-electron chi connectivity index (χ3n) is 14.2. The van der Waals surface area contributed by atoms with E-state index < -0.39 is 26.5 Å². The quantitative estimate of drug-likeness (QED) is 0.104. The Morgan fingerprint density at radius 1 is 0.408 bits per heavy atom. The largest absolute Gasteiger partial charge is 0.483 e. The van der Waals surface area contributed by atoms with Crippen LogP contribution in [0.25, 0.3) is 11.1 Å². The van der Waals surface area contributed by atoms with Gasteiger partial charge in [-0.15, -0.1) is 0 Å². The zero-order valence-electron chi connectivity index (χ0n) is 42.8. The summed E-state index contributed by atoms with van der Waals surface area (Å²) >= 11 is 0. The minimum Gasteiger partial charge on any atom is -0.483 e. The van der Waals surface area contributed by atoms with Crippen LogP contribution in [0.3, 0.4) is 0 Å². The number of hydrogen-bond donors (Lipinski definition) is 0. The minimum atomic E-state index is -3.91. The number of hydrogen-bond acceptors (Lipinski definition) is 9. The van der Waals surface area contributed by atoms with E-state index in [2.05, 4.69) is 91.0 Å². The first-order valence-corrected chi connectivity index (χ1v) is 26.2. The first-order chi connectivity index (χ1) is 36.6. The highest BCUT2D eigenvalue weighted by Gasteiger charge is 2.46. The lowest BCUT2D eigenvalue weighted by Crippen LogP contribution is -2.29. The predicted molar refractivity (Wildman–Crippen MR) is 292 cm³/mol. The molecule has 1 aliphatic carbocycles. The van der Waals surface area contributed by atoms with Crippen molar-refractivity contribution in [1.29, 1.82) is 15.8 Å². The molecule has 9 nitrogen and oxygen atoms in total. The first-order valence-electron chi connectivity index (χ1n) is 24.7. The molecule has 0 fully saturated rings. The van der Waals surface area contributed by atoms with Crippen molar-refractivity contribution in [2.45, 2.75) is 68.0 Å². The summed E-state index contributed by atoms with van der Waals surface area (Å²) in [6, 6.07) is 68.9. The molecule has 9 aromatic carbocycles. The van der Waals surface area contributed by atoms with Crippen LogP contribution in [0.5, 0.6) is 34.5 Å². The summed E-state index contributed by atoms with van der Waals surface area (Å²) in [7, 11) is -3.91. The van der Waals surface area contributed by atoms with Crippen molar-refractivity contribution in [2.75, 3.05) is 0 Å². The maximum atomic E-state index is 13.7. The number of benzene rings is 9. The minimum absolute atomic E-state index is 0.0704. The molecule has 9 aromatic rings. The SMILES string of the molecule is Cc1cccc(Oc2ccc(S(=O)(=O)c3ccc(OC(C)(C)c4cccc(Oc5ccc(C6(c7ccc(OC(C)(C)c8cccc(C)c8C#N)cc7)c7ccccc7-c7ccccc76)cc5)c4C#N)cc3)cc2)c1C#N. The molecule has 10 rings (SSSR count). The van der Waals surface area contributed by atoms with Gasteiger partial charge in [-0.25, -0.2) is 8.42 Å². The number of nitrogens with zero attached hydrogens (tertiary/aromatic N) is 3. The average molecular weight is 1010 g/mol. The Hall–Kier alpha value is -9.40. The fourth-order valence-electron chi connectivity index (χ4n) is 10.5. The number of aryl methyl sites for hydroxylation is 2. The maximum absolute atomic E-state index is 13.7. The summed E-state index contributed by atoms with van der Waals surface area (Å²) in [6.07, 6.45) is 0. The highest BCUT2D eigenvalue weighted by Crippen LogP contribution is 2.56. The molecular weight excluding hydrogens is 963 g/mol. The van der Waals surface area contributed by atoms with Crippen LogP contribution in [0.4, 0.5) is 0 Å². The van der Waals surface area contributed by atoms with Crippen molar-refractivity contribution in [1.82, 2.24) is 0 Å². The first kappa shape index (κ1) is 50.1. The lowest BCUT2D eigenvalue weighted by atomic mass is 9.68. The van der Waals surface area contributed by atoms with Gasteiger partial charge >= 0.3 is 0 Å². The fraction of sp³-hybridized carbons (Fsp3) is 0.136. The maximum Gasteiger partial charge on any atom is 0.206 e. The Morgan fingerprint density at radius 2 is 0.776 bits per heavy atom. The molecule has 0 bridgehead atoms. The molecule has 372 valence electrons. The second-order valence-electron chi connectivity index (χ2n) is 19.7. The zero-order valence-corrected chi connectivity index (χ0v) is 43.6. The Kier molecular flexibility index (Phi) is 13.1. The predicted octanol–water partition coefficient (Wildman–Crippen LogP) is 15.3. The molecule has 0 saturated heterocycles. The van der Waals surface area contributed by atoms with Gasteiger partial charge in [0.15, 0.2) is 0 Å². The van der Waals surface area contributed by atoms with Gasteiger partial charge in [0.1, 0.15) is 63.4 Å². The smallest absolute Gasteiger partial charge is 0.206 e. The van der Waals surface area contributed by atoms with Gasteiger partial charge in [0.25, 0.3) is 0 Å². The van der Waals surface area contributed by atoms with Crippen molar-refractivity contribution in [2.24, 2.45) is 0 Å². The van der Waals surface area contributed by atoms with Gasteiger partial charge in [-0.05, 0) is 171 Å². The Bertz CT molecular complexity index is 3890. The number of ether oxygens (including phenoxy) is 4. The normalized spacial score (nSPS) is 12.5. The Labute approximate surface area is 444 Å². The molecule has 0 heterocycles. The summed E-state index contributed by atoms with van der Waals surface area (Å²) in [5.74, 6) is 2.74. The zero-order chi connectivity index (χ0) is 53.4. The van der Waals surface area contributed by atoms with Crippen molar-refractivity contribution < 1.29 is 27.4 Å². The van der Waals surface area contributed by atoms with Gasteiger partial charge in [-0.3, -0.25) is 0 Å². The number of nitriles is 3. The summed E-state index contributed by atoms with van der Waals surface area (Å²) in [6.45, 7) is 11.4. The summed E-state index contributed by atoms with van der Waals surface area (Å²) in [5, 5.41) is 30.3. The molecule has 0 saturated carbocycles. The molecule has 0 aliphatic heterocycles. The topological polar surface area (TPSA) is 142 Å². The van der Waals surface area contributed by atoms with Crippen LogP contribution in [0.1, 0.15) is 88.9 Å². The molecule has 0 amide bonds. The van der Waals surface area contributed by atoms with Crippen LogP contribution in [-0.4, -0.2) is 8.42 Å². The third-order valence-corrected chi connectivity index (χ3v) is 15.9. The molecule has 0 N–H and O–H groups in total. The molecule has 0 radical (unpaired) electrons. The highest BCUT2D eigenvalue weighted by molar-refractivity contribution is 7.91. The van der Waals surface area contributed by atoms with Crippen LogP contribution >= 0.6 is 0 Å². The highest BCUT2D eigenvalue weighted by atomic mass is 32.2. The van der Waals surface area contributed by atoms with Gasteiger partial charge in [0.2, 0.25) is 9.84 Å². The van der Waals surface area contributed by atoms with Gasteiger partial charge in [-0.1, -0.05) is 115 Å². The monoisotopic (exact) mass is 1010 g/mol. The molecule has 0 aromatic heterocycles. The molecule has 1 aliphatic rings. The fourth-order valence-corrected chi connectivity index (χ4v) is 11.7. The van der Waals surface area contributed by atoms with E-state index in [-0.39, 0.29) is 9.79 Å². The van der Waals surface area contributed by atoms with Gasteiger partial charge in [-0.2, -0.15) is 15.8 Å². The van der Waals surface area contributed by atoms with E-state index in [9.17, 15) is 24.2 Å². The van der Waals surface area contributed by atoms with E-state index in [1.165, 1.54) is 24.3 Å². The molecule has 76 heavy (non-hydrogen) atoms. The second kappa shape index (κ2) is 19.8. The standard InChI is InChI=1S/C66H51N3O6S/c1-43-14-11-20-58(55(43)40-67)64(3,4)74-49-30-26-46(27-31-49)66(60-18-9-7-16-53(60)54-17-8-10-19-61(54)66)45-24-28-47(29-25-45)73-63-23-13-21-59(57(63)42-69)65(5,6)75-50-34-38-52(39-35-50)76(70,71)51-36-32-48(33-37-51)72-62-22-12-15-44(2)56(62)41-68/h7-39H,1-6H3. The van der Waals surface area contributed by atoms with E-state index in [4.69, 9.17) is 18.9 Å².